The highest BCUT2D eigenvalue weighted by molar-refractivity contribution is 5.81. The topological polar surface area (TPSA) is 130 Å². The minimum atomic E-state index is -1.35. The maximum absolute atomic E-state index is 10.1. The zero-order chi connectivity index (χ0) is 13.8. The molecule has 102 valence electrons. The summed E-state index contributed by atoms with van der Waals surface area (Å²) in [6.45, 7) is 1.49. The lowest BCUT2D eigenvalue weighted by atomic mass is 10.0. The van der Waals surface area contributed by atoms with Gasteiger partial charge < -0.3 is 25.6 Å². The third-order valence-electron chi connectivity index (χ3n) is 3.72. The first kappa shape index (κ1) is 12.3. The van der Waals surface area contributed by atoms with Crippen molar-refractivity contribution in [1.82, 2.24) is 19.5 Å². The summed E-state index contributed by atoms with van der Waals surface area (Å²) in [5, 5.41) is 29.9. The van der Waals surface area contributed by atoms with E-state index in [0.29, 0.717) is 11.2 Å². The molecule has 0 aliphatic heterocycles. The molecular formula is C11H15N5O3. The van der Waals surface area contributed by atoms with Crippen molar-refractivity contribution >= 4 is 17.0 Å². The van der Waals surface area contributed by atoms with Crippen LogP contribution in [0.25, 0.3) is 11.2 Å². The fraction of sp³-hybridized carbons (Fsp3) is 0.545. The summed E-state index contributed by atoms with van der Waals surface area (Å²) in [5.74, 6) is 0.253. The number of anilines is 1. The number of hydrogen-bond donors (Lipinski definition) is 4. The van der Waals surface area contributed by atoms with Crippen LogP contribution in [0.15, 0.2) is 12.7 Å². The Labute approximate surface area is 108 Å². The van der Waals surface area contributed by atoms with Gasteiger partial charge in [-0.05, 0) is 6.92 Å². The van der Waals surface area contributed by atoms with Gasteiger partial charge in [-0.25, -0.2) is 15.0 Å². The zero-order valence-electron chi connectivity index (χ0n) is 10.3. The van der Waals surface area contributed by atoms with Gasteiger partial charge in [-0.2, -0.15) is 0 Å². The summed E-state index contributed by atoms with van der Waals surface area (Å²) in [6, 6.07) is -0.510. The van der Waals surface area contributed by atoms with E-state index in [4.69, 9.17) is 5.73 Å². The van der Waals surface area contributed by atoms with Crippen molar-refractivity contribution in [1.29, 1.82) is 0 Å². The Balaban J connectivity index is 2.09. The maximum Gasteiger partial charge on any atom is 0.165 e. The van der Waals surface area contributed by atoms with Crippen LogP contribution < -0.4 is 5.73 Å². The normalized spacial score (nSPS) is 35.1. The van der Waals surface area contributed by atoms with Crippen LogP contribution in [0.4, 0.5) is 5.82 Å². The number of nitrogens with zero attached hydrogens (tertiary/aromatic N) is 4. The second-order valence-corrected chi connectivity index (χ2v) is 5.15. The van der Waals surface area contributed by atoms with Crippen LogP contribution in [0.3, 0.4) is 0 Å². The molecule has 0 spiro atoms. The van der Waals surface area contributed by atoms with Crippen molar-refractivity contribution in [2.24, 2.45) is 0 Å². The molecule has 0 amide bonds. The number of aliphatic hydroxyl groups is 3. The van der Waals surface area contributed by atoms with E-state index in [1.807, 2.05) is 0 Å². The van der Waals surface area contributed by atoms with Gasteiger partial charge in [0.15, 0.2) is 11.5 Å². The molecule has 1 aliphatic rings. The van der Waals surface area contributed by atoms with E-state index in [2.05, 4.69) is 15.0 Å². The Kier molecular flexibility index (Phi) is 2.49. The quantitative estimate of drug-likeness (QED) is 0.511. The Morgan fingerprint density at radius 1 is 1.37 bits per heavy atom. The monoisotopic (exact) mass is 265 g/mol. The third-order valence-corrected chi connectivity index (χ3v) is 3.72. The van der Waals surface area contributed by atoms with Gasteiger partial charge in [0.25, 0.3) is 0 Å². The van der Waals surface area contributed by atoms with Crippen molar-refractivity contribution in [3.63, 3.8) is 0 Å². The Morgan fingerprint density at radius 3 is 2.74 bits per heavy atom. The molecule has 8 heteroatoms. The fourth-order valence-electron chi connectivity index (χ4n) is 2.62. The standard InChI is InChI=1S/C11H15N5O3/c1-11(19)2-5(7(17)8(11)18)16-4-15-6-9(12)13-3-14-10(6)16/h3-5,7-8,17-19H,2H2,1H3,(H2,12,13,14)/t5-,7+,8+,11+/m1/s1. The van der Waals surface area contributed by atoms with Crippen molar-refractivity contribution in [3.8, 4) is 0 Å². The van der Waals surface area contributed by atoms with Gasteiger partial charge in [-0.3, -0.25) is 0 Å². The number of imidazole rings is 1. The minimum Gasteiger partial charge on any atom is -0.388 e. The first-order valence-corrected chi connectivity index (χ1v) is 5.93. The SMILES string of the molecule is C[C@]1(O)C[C@@H](n2cnc3c(N)ncnc32)[C@H](O)[C@@H]1O. The zero-order valence-corrected chi connectivity index (χ0v) is 10.3. The van der Waals surface area contributed by atoms with E-state index in [0.717, 1.165) is 0 Å². The smallest absolute Gasteiger partial charge is 0.165 e. The van der Waals surface area contributed by atoms with Crippen molar-refractivity contribution in [2.75, 3.05) is 5.73 Å². The van der Waals surface area contributed by atoms with E-state index < -0.39 is 23.9 Å². The Hall–Kier alpha value is -1.77. The molecule has 0 saturated heterocycles. The van der Waals surface area contributed by atoms with Crippen LogP contribution in [0.2, 0.25) is 0 Å². The van der Waals surface area contributed by atoms with Crippen LogP contribution in [0.5, 0.6) is 0 Å². The van der Waals surface area contributed by atoms with Crippen LogP contribution in [0, 0.1) is 0 Å². The van der Waals surface area contributed by atoms with Gasteiger partial charge in [0.2, 0.25) is 0 Å². The number of nitrogens with two attached hydrogens (primary N) is 1. The summed E-state index contributed by atoms with van der Waals surface area (Å²) in [4.78, 5) is 12.0. The summed E-state index contributed by atoms with van der Waals surface area (Å²) in [6.07, 6.45) is 0.687. The predicted octanol–water partition coefficient (Wildman–Crippen LogP) is -1.17. The molecule has 1 aliphatic carbocycles. The summed E-state index contributed by atoms with van der Waals surface area (Å²) >= 11 is 0. The lowest BCUT2D eigenvalue weighted by Gasteiger charge is -2.21. The number of aliphatic hydroxyl groups excluding tert-OH is 2. The first-order valence-electron chi connectivity index (χ1n) is 5.93. The number of fused-ring (bicyclic) bond motifs is 1. The first-order chi connectivity index (χ1) is 8.92. The van der Waals surface area contributed by atoms with E-state index >= 15 is 0 Å². The average Bonchev–Trinajstić information content (AvgIpc) is 2.86. The van der Waals surface area contributed by atoms with Crippen LogP contribution in [-0.2, 0) is 0 Å². The lowest BCUT2D eigenvalue weighted by molar-refractivity contribution is -0.0767. The second kappa shape index (κ2) is 3.86. The maximum atomic E-state index is 10.1. The molecule has 4 atom stereocenters. The van der Waals surface area contributed by atoms with Gasteiger partial charge in [0.1, 0.15) is 24.1 Å². The van der Waals surface area contributed by atoms with Crippen LogP contribution >= 0.6 is 0 Å². The number of nitrogen functional groups attached to an aromatic ring is 1. The highest BCUT2D eigenvalue weighted by Gasteiger charge is 2.49. The van der Waals surface area contributed by atoms with Gasteiger partial charge in [0.05, 0.1) is 18.0 Å². The molecule has 0 bridgehead atoms. The molecule has 0 aromatic carbocycles. The van der Waals surface area contributed by atoms with Gasteiger partial charge in [-0.1, -0.05) is 0 Å². The molecule has 2 heterocycles. The van der Waals surface area contributed by atoms with E-state index in [9.17, 15) is 15.3 Å². The predicted molar refractivity (Wildman–Crippen MR) is 66.0 cm³/mol. The molecule has 1 saturated carbocycles. The molecule has 2 aromatic heterocycles. The summed E-state index contributed by atoms with van der Waals surface area (Å²) in [5.41, 5.74) is 5.26. The summed E-state index contributed by atoms with van der Waals surface area (Å²) < 4.78 is 1.61. The Bertz CT molecular complexity index is 626. The average molecular weight is 265 g/mol. The van der Waals surface area contributed by atoms with Crippen molar-refractivity contribution in [3.05, 3.63) is 12.7 Å². The molecule has 3 rings (SSSR count). The number of hydrogen-bond acceptors (Lipinski definition) is 7. The van der Waals surface area contributed by atoms with Crippen LogP contribution in [0.1, 0.15) is 19.4 Å². The summed E-state index contributed by atoms with van der Waals surface area (Å²) in [7, 11) is 0. The van der Waals surface area contributed by atoms with Gasteiger partial charge in [0, 0.05) is 6.42 Å². The molecule has 0 radical (unpaired) electrons. The van der Waals surface area contributed by atoms with E-state index in [1.165, 1.54) is 19.6 Å². The van der Waals surface area contributed by atoms with Gasteiger partial charge in [-0.15, -0.1) is 0 Å². The minimum absolute atomic E-state index is 0.199. The molecule has 2 aromatic rings. The number of rotatable bonds is 1. The van der Waals surface area contributed by atoms with Gasteiger partial charge >= 0.3 is 0 Å². The second-order valence-electron chi connectivity index (χ2n) is 5.15. The van der Waals surface area contributed by atoms with E-state index in [1.54, 1.807) is 4.57 Å². The fourth-order valence-corrected chi connectivity index (χ4v) is 2.62. The highest BCUT2D eigenvalue weighted by Crippen LogP contribution is 2.39. The van der Waals surface area contributed by atoms with Crippen molar-refractivity contribution in [2.45, 2.75) is 37.2 Å². The third kappa shape index (κ3) is 1.68. The molecular weight excluding hydrogens is 250 g/mol. The van der Waals surface area contributed by atoms with Crippen LogP contribution in [-0.4, -0.2) is 52.6 Å². The molecule has 19 heavy (non-hydrogen) atoms. The van der Waals surface area contributed by atoms with Crippen molar-refractivity contribution < 1.29 is 15.3 Å². The largest absolute Gasteiger partial charge is 0.388 e. The number of aromatic nitrogens is 4. The molecule has 0 unspecified atom stereocenters. The molecule has 5 N–H and O–H groups in total. The lowest BCUT2D eigenvalue weighted by Crippen LogP contribution is -2.39. The highest BCUT2D eigenvalue weighted by atomic mass is 16.4. The molecule has 8 nitrogen and oxygen atoms in total. The molecule has 1 fully saturated rings. The van der Waals surface area contributed by atoms with E-state index in [-0.39, 0.29) is 12.2 Å². The Morgan fingerprint density at radius 2 is 2.11 bits per heavy atom.